The van der Waals surface area contributed by atoms with Crippen molar-refractivity contribution >= 4 is 17.1 Å². The zero-order valence-electron chi connectivity index (χ0n) is 14.3. The summed E-state index contributed by atoms with van der Waals surface area (Å²) >= 11 is 0. The molecule has 3 heterocycles. The van der Waals surface area contributed by atoms with Gasteiger partial charge in [-0.3, -0.25) is 18.9 Å². The van der Waals surface area contributed by atoms with Gasteiger partial charge in [-0.05, 0) is 6.42 Å². The lowest BCUT2D eigenvalue weighted by molar-refractivity contribution is -0.0500. The Hall–Kier alpha value is -2.61. The topological polar surface area (TPSA) is 148 Å². The molecule has 2 aromatic rings. The minimum atomic E-state index is -0.863. The molecule has 5 N–H and O–H groups in total. The number of terminal acetylenes is 1. The number of aromatic nitrogens is 4. The number of imidazole rings is 1. The van der Waals surface area contributed by atoms with E-state index in [2.05, 4.69) is 15.9 Å². The molecule has 10 nitrogen and oxygen atoms in total. The molecule has 0 unspecified atom stereocenters. The fraction of sp³-hybridized carbons (Fsp3) is 0.562. The van der Waals surface area contributed by atoms with Crippen LogP contribution in [0, 0.1) is 12.3 Å². The van der Waals surface area contributed by atoms with Gasteiger partial charge in [0, 0.05) is 6.42 Å². The molecular weight excluding hydrogens is 342 g/mol. The van der Waals surface area contributed by atoms with Crippen LogP contribution >= 0.6 is 0 Å². The number of H-pyrrole nitrogens is 1. The summed E-state index contributed by atoms with van der Waals surface area (Å²) in [6, 6.07) is 0. The van der Waals surface area contributed by atoms with Crippen molar-refractivity contribution in [2.45, 2.75) is 57.3 Å². The van der Waals surface area contributed by atoms with Gasteiger partial charge in [0.1, 0.15) is 6.10 Å². The van der Waals surface area contributed by atoms with Crippen LogP contribution < -0.4 is 17.0 Å². The molecule has 140 valence electrons. The van der Waals surface area contributed by atoms with E-state index in [0.29, 0.717) is 6.42 Å². The number of rotatable bonds is 5. The second kappa shape index (κ2) is 6.95. The molecule has 3 rings (SSSR count). The molecule has 0 spiro atoms. The molecule has 1 aliphatic heterocycles. The summed E-state index contributed by atoms with van der Waals surface area (Å²) in [5.74, 6) is 2.19. The van der Waals surface area contributed by atoms with Crippen LogP contribution in [0.4, 0.5) is 5.95 Å². The van der Waals surface area contributed by atoms with Gasteiger partial charge in [-0.25, -0.2) is 4.79 Å². The molecular formula is C16H21N5O5. The Labute approximate surface area is 148 Å². The van der Waals surface area contributed by atoms with E-state index in [-0.39, 0.29) is 36.6 Å². The first-order chi connectivity index (χ1) is 12.4. The van der Waals surface area contributed by atoms with Crippen LogP contribution in [0.3, 0.4) is 0 Å². The molecule has 0 aliphatic carbocycles. The molecule has 10 heteroatoms. The molecule has 1 saturated heterocycles. The predicted molar refractivity (Wildman–Crippen MR) is 93.4 cm³/mol. The van der Waals surface area contributed by atoms with Gasteiger partial charge >= 0.3 is 5.69 Å². The van der Waals surface area contributed by atoms with Gasteiger partial charge in [-0.15, -0.1) is 6.42 Å². The maximum absolute atomic E-state index is 12.7. The van der Waals surface area contributed by atoms with Gasteiger partial charge in [0.25, 0.3) is 5.56 Å². The SMILES string of the molecule is C#CCn1c(=O)n(C[C@@H]2O[C@H]([C@@H](O)CC)C[C@H]2O)c2nc(N)[nH]c(=O)c21. The first kappa shape index (κ1) is 18.2. The summed E-state index contributed by atoms with van der Waals surface area (Å²) in [5.41, 5.74) is 4.56. The summed E-state index contributed by atoms with van der Waals surface area (Å²) in [7, 11) is 0. The van der Waals surface area contributed by atoms with Crippen molar-refractivity contribution in [3.63, 3.8) is 0 Å². The Morgan fingerprint density at radius 2 is 2.23 bits per heavy atom. The van der Waals surface area contributed by atoms with Crippen LogP contribution in [0.5, 0.6) is 0 Å². The van der Waals surface area contributed by atoms with Crippen LogP contribution in [0.2, 0.25) is 0 Å². The van der Waals surface area contributed by atoms with Crippen LogP contribution in [0.25, 0.3) is 11.2 Å². The smallest absolute Gasteiger partial charge is 0.331 e. The van der Waals surface area contributed by atoms with Gasteiger partial charge in [0.15, 0.2) is 11.2 Å². The van der Waals surface area contributed by atoms with Gasteiger partial charge in [0.05, 0.1) is 31.4 Å². The number of hydrogen-bond acceptors (Lipinski definition) is 7. The van der Waals surface area contributed by atoms with Gasteiger partial charge in [-0.1, -0.05) is 12.8 Å². The Bertz CT molecular complexity index is 968. The third kappa shape index (κ3) is 3.01. The summed E-state index contributed by atoms with van der Waals surface area (Å²) in [4.78, 5) is 31.3. The van der Waals surface area contributed by atoms with Crippen LogP contribution in [-0.2, 0) is 17.8 Å². The van der Waals surface area contributed by atoms with E-state index < -0.39 is 35.7 Å². The Morgan fingerprint density at radius 3 is 2.88 bits per heavy atom. The number of nitrogens with zero attached hydrogens (tertiary/aromatic N) is 3. The summed E-state index contributed by atoms with van der Waals surface area (Å²) in [5, 5.41) is 20.2. The second-order valence-corrected chi connectivity index (χ2v) is 6.30. The highest BCUT2D eigenvalue weighted by atomic mass is 16.5. The fourth-order valence-electron chi connectivity index (χ4n) is 3.25. The molecule has 0 aromatic carbocycles. The normalized spacial score (nSPS) is 24.0. The molecule has 0 saturated carbocycles. The third-order valence-corrected chi connectivity index (χ3v) is 4.59. The highest BCUT2D eigenvalue weighted by Gasteiger charge is 2.38. The lowest BCUT2D eigenvalue weighted by Crippen LogP contribution is -2.33. The summed E-state index contributed by atoms with van der Waals surface area (Å²) in [6.45, 7) is 1.66. The van der Waals surface area contributed by atoms with E-state index >= 15 is 0 Å². The van der Waals surface area contributed by atoms with Gasteiger partial charge < -0.3 is 20.7 Å². The highest BCUT2D eigenvalue weighted by Crippen LogP contribution is 2.25. The molecule has 2 aromatic heterocycles. The number of nitrogen functional groups attached to an aromatic ring is 1. The standard InChI is InChI=1S/C16H21N5O5/c1-3-5-20-12-13(18-15(17)19-14(12)24)21(16(20)25)7-11-9(23)6-10(26-11)8(22)4-2/h1,8-11,22-23H,4-7H2,2H3,(H3,17,18,19,24)/t8-,9+,10-,11-/m0/s1. The highest BCUT2D eigenvalue weighted by molar-refractivity contribution is 5.71. The van der Waals surface area contributed by atoms with E-state index in [1.54, 1.807) is 0 Å². The maximum Gasteiger partial charge on any atom is 0.331 e. The summed E-state index contributed by atoms with van der Waals surface area (Å²) < 4.78 is 8.05. The summed E-state index contributed by atoms with van der Waals surface area (Å²) in [6.07, 6.45) is 3.22. The number of ether oxygens (including phenoxy) is 1. The Kier molecular flexibility index (Phi) is 4.86. The molecule has 4 atom stereocenters. The molecule has 1 aliphatic rings. The van der Waals surface area contributed by atoms with Crippen molar-refractivity contribution in [2.24, 2.45) is 0 Å². The number of aliphatic hydroxyl groups excluding tert-OH is 2. The van der Waals surface area contributed by atoms with Crippen molar-refractivity contribution in [3.05, 3.63) is 20.8 Å². The van der Waals surface area contributed by atoms with E-state index in [0.717, 1.165) is 4.57 Å². The van der Waals surface area contributed by atoms with E-state index in [4.69, 9.17) is 16.9 Å². The number of fused-ring (bicyclic) bond motifs is 1. The Balaban J connectivity index is 2.03. The largest absolute Gasteiger partial charge is 0.390 e. The van der Waals surface area contributed by atoms with Crippen molar-refractivity contribution in [1.29, 1.82) is 0 Å². The Morgan fingerprint density at radius 1 is 1.50 bits per heavy atom. The van der Waals surface area contributed by atoms with Crippen LogP contribution in [0.1, 0.15) is 19.8 Å². The van der Waals surface area contributed by atoms with Crippen molar-refractivity contribution < 1.29 is 14.9 Å². The number of aromatic amines is 1. The van der Waals surface area contributed by atoms with E-state index in [9.17, 15) is 19.8 Å². The lowest BCUT2D eigenvalue weighted by atomic mass is 10.1. The fourth-order valence-corrected chi connectivity index (χ4v) is 3.25. The minimum absolute atomic E-state index is 0.0137. The zero-order chi connectivity index (χ0) is 19.0. The lowest BCUT2D eigenvalue weighted by Gasteiger charge is -2.18. The first-order valence-corrected chi connectivity index (χ1v) is 8.31. The first-order valence-electron chi connectivity index (χ1n) is 8.31. The average Bonchev–Trinajstić information content (AvgIpc) is 3.08. The molecule has 26 heavy (non-hydrogen) atoms. The molecule has 0 bridgehead atoms. The van der Waals surface area contributed by atoms with Crippen LogP contribution in [-0.4, -0.2) is 53.7 Å². The van der Waals surface area contributed by atoms with Crippen molar-refractivity contribution in [1.82, 2.24) is 19.1 Å². The number of nitrogens with two attached hydrogens (primary N) is 1. The minimum Gasteiger partial charge on any atom is -0.390 e. The molecule has 0 radical (unpaired) electrons. The molecule has 1 fully saturated rings. The van der Waals surface area contributed by atoms with Crippen molar-refractivity contribution in [3.8, 4) is 12.3 Å². The second-order valence-electron chi connectivity index (χ2n) is 6.30. The number of aliphatic hydroxyl groups is 2. The number of hydrogen-bond donors (Lipinski definition) is 4. The monoisotopic (exact) mass is 363 g/mol. The zero-order valence-corrected chi connectivity index (χ0v) is 14.3. The maximum atomic E-state index is 12.7. The van der Waals surface area contributed by atoms with Crippen LogP contribution in [0.15, 0.2) is 9.59 Å². The predicted octanol–water partition coefficient (Wildman–Crippen LogP) is -1.61. The van der Waals surface area contributed by atoms with Gasteiger partial charge in [0.2, 0.25) is 5.95 Å². The quantitative estimate of drug-likeness (QED) is 0.467. The van der Waals surface area contributed by atoms with E-state index in [1.807, 2.05) is 6.92 Å². The van der Waals surface area contributed by atoms with Gasteiger partial charge in [-0.2, -0.15) is 4.98 Å². The third-order valence-electron chi connectivity index (χ3n) is 4.59. The number of nitrogens with one attached hydrogen (secondary N) is 1. The number of anilines is 1. The van der Waals surface area contributed by atoms with Crippen molar-refractivity contribution in [2.75, 3.05) is 5.73 Å². The van der Waals surface area contributed by atoms with E-state index in [1.165, 1.54) is 4.57 Å². The average molecular weight is 363 g/mol. The molecule has 0 amide bonds.